The van der Waals surface area contributed by atoms with Crippen molar-refractivity contribution in [2.45, 2.75) is 32.1 Å². The fraction of sp³-hybridized carbons (Fsp3) is 0.857. The van der Waals surface area contributed by atoms with Crippen LogP contribution in [0.15, 0.2) is 0 Å². The van der Waals surface area contributed by atoms with Crippen LogP contribution >= 0.6 is 0 Å². The average molecular weight is 167 g/mol. The van der Waals surface area contributed by atoms with Crippen LogP contribution in [0.2, 0.25) is 0 Å². The van der Waals surface area contributed by atoms with Crippen LogP contribution in [0.1, 0.15) is 32.1 Å². The summed E-state index contributed by atoms with van der Waals surface area (Å²) in [5.41, 5.74) is 0. The molecule has 0 aromatic rings. The van der Waals surface area contributed by atoms with E-state index in [2.05, 4.69) is 4.84 Å². The van der Waals surface area contributed by atoms with Crippen molar-refractivity contribution in [3.63, 3.8) is 0 Å². The van der Waals surface area contributed by atoms with E-state index in [4.69, 9.17) is 5.90 Å². The van der Waals surface area contributed by atoms with Crippen LogP contribution in [0.5, 0.6) is 0 Å². The first-order chi connectivity index (χ1) is 4.84. The number of nitrogens with two attached hydrogens (primary N) is 1. The van der Waals surface area contributed by atoms with Crippen molar-refractivity contribution >= 4 is 35.5 Å². The van der Waals surface area contributed by atoms with Crippen molar-refractivity contribution in [3.8, 4) is 0 Å². The first-order valence-corrected chi connectivity index (χ1v) is 3.75. The van der Waals surface area contributed by atoms with Crippen LogP contribution < -0.4 is 5.90 Å². The van der Waals surface area contributed by atoms with E-state index >= 15 is 0 Å². The Morgan fingerprint density at radius 2 is 1.82 bits per heavy atom. The molecule has 0 aliphatic heterocycles. The summed E-state index contributed by atoms with van der Waals surface area (Å²) in [4.78, 5) is 15.0. The Hall–Kier alpha value is 0.430. The molecule has 60 valence electrons. The summed E-state index contributed by atoms with van der Waals surface area (Å²) in [6, 6.07) is 0. The van der Waals surface area contributed by atoms with Gasteiger partial charge >= 0.3 is 35.5 Å². The molecular weight excluding hydrogens is 153 g/mol. The van der Waals surface area contributed by atoms with Crippen LogP contribution in [-0.4, -0.2) is 35.5 Å². The zero-order valence-electron chi connectivity index (χ0n) is 6.01. The molecule has 0 unspecified atom stereocenters. The van der Waals surface area contributed by atoms with Crippen molar-refractivity contribution in [2.75, 3.05) is 0 Å². The number of hydrogen-bond donors (Lipinski definition) is 1. The van der Waals surface area contributed by atoms with Crippen LogP contribution in [0.4, 0.5) is 0 Å². The molecule has 0 aromatic heterocycles. The van der Waals surface area contributed by atoms with Gasteiger partial charge in [0.1, 0.15) is 0 Å². The normalized spacial score (nSPS) is 18.6. The molecular formula is C7H14NNaO2. The first kappa shape index (κ1) is 11.4. The Labute approximate surface area is 88.9 Å². The molecule has 0 aromatic carbocycles. The zero-order valence-corrected chi connectivity index (χ0v) is 6.01. The van der Waals surface area contributed by atoms with Crippen molar-refractivity contribution in [2.24, 2.45) is 11.8 Å². The van der Waals surface area contributed by atoms with Crippen LogP contribution in [-0.2, 0) is 9.63 Å². The van der Waals surface area contributed by atoms with E-state index in [1.165, 1.54) is 6.42 Å². The standard InChI is InChI=1S/C7H13NO2.Na.H/c8-10-7(9)6-4-2-1-3-5-6;;/h6H,1-5,8H2;;. The Bertz CT molecular complexity index is 124. The molecule has 0 radical (unpaired) electrons. The zero-order chi connectivity index (χ0) is 7.40. The summed E-state index contributed by atoms with van der Waals surface area (Å²) >= 11 is 0. The molecule has 11 heavy (non-hydrogen) atoms. The van der Waals surface area contributed by atoms with E-state index in [0.29, 0.717) is 0 Å². The fourth-order valence-corrected chi connectivity index (χ4v) is 1.43. The predicted molar refractivity (Wildman–Crippen MR) is 44.0 cm³/mol. The van der Waals surface area contributed by atoms with Gasteiger partial charge < -0.3 is 4.84 Å². The van der Waals surface area contributed by atoms with Gasteiger partial charge in [-0.15, -0.1) is 0 Å². The predicted octanol–water partition coefficient (Wildman–Crippen LogP) is 0.335. The maximum atomic E-state index is 10.8. The molecule has 1 saturated carbocycles. The van der Waals surface area contributed by atoms with Gasteiger partial charge in [-0.1, -0.05) is 19.3 Å². The molecule has 1 aliphatic rings. The third-order valence-corrected chi connectivity index (χ3v) is 2.05. The van der Waals surface area contributed by atoms with Crippen LogP contribution in [0, 0.1) is 5.92 Å². The molecule has 1 rings (SSSR count). The van der Waals surface area contributed by atoms with E-state index in [0.717, 1.165) is 25.7 Å². The number of carbonyl (C=O) groups is 1. The molecule has 3 nitrogen and oxygen atoms in total. The SMILES string of the molecule is NOC(=O)C1CCCCC1.[NaH]. The van der Waals surface area contributed by atoms with Crippen molar-refractivity contribution in [1.82, 2.24) is 0 Å². The van der Waals surface area contributed by atoms with Crippen molar-refractivity contribution in [3.05, 3.63) is 0 Å². The van der Waals surface area contributed by atoms with Gasteiger partial charge in [-0.05, 0) is 12.8 Å². The molecule has 4 heteroatoms. The first-order valence-electron chi connectivity index (χ1n) is 3.75. The number of rotatable bonds is 1. The second kappa shape index (κ2) is 6.00. The summed E-state index contributed by atoms with van der Waals surface area (Å²) in [5.74, 6) is 4.60. The van der Waals surface area contributed by atoms with Gasteiger partial charge in [0.15, 0.2) is 0 Å². The van der Waals surface area contributed by atoms with Gasteiger partial charge in [0.05, 0.1) is 5.92 Å². The van der Waals surface area contributed by atoms with E-state index in [9.17, 15) is 4.79 Å². The number of carbonyl (C=O) groups excluding carboxylic acids is 1. The van der Waals surface area contributed by atoms with Gasteiger partial charge in [-0.2, -0.15) is 5.90 Å². The molecule has 0 atom stereocenters. The van der Waals surface area contributed by atoms with Gasteiger partial charge in [-0.25, -0.2) is 0 Å². The molecule has 0 amide bonds. The summed E-state index contributed by atoms with van der Waals surface area (Å²) in [6.07, 6.45) is 5.43. The monoisotopic (exact) mass is 167 g/mol. The Kier molecular flexibility index (Phi) is 6.24. The summed E-state index contributed by atoms with van der Waals surface area (Å²) in [7, 11) is 0. The summed E-state index contributed by atoms with van der Waals surface area (Å²) in [6.45, 7) is 0. The third-order valence-electron chi connectivity index (χ3n) is 2.05. The second-order valence-corrected chi connectivity index (χ2v) is 2.77. The summed E-state index contributed by atoms with van der Waals surface area (Å²) in [5, 5.41) is 0. The van der Waals surface area contributed by atoms with Gasteiger partial charge in [0, 0.05) is 0 Å². The summed E-state index contributed by atoms with van der Waals surface area (Å²) < 4.78 is 0. The van der Waals surface area contributed by atoms with E-state index in [-0.39, 0.29) is 41.4 Å². The van der Waals surface area contributed by atoms with Crippen molar-refractivity contribution in [1.29, 1.82) is 0 Å². The minimum absolute atomic E-state index is 0. The van der Waals surface area contributed by atoms with E-state index < -0.39 is 0 Å². The average Bonchev–Trinajstić information content (AvgIpc) is 2.05. The van der Waals surface area contributed by atoms with Gasteiger partial charge in [-0.3, -0.25) is 4.79 Å². The molecule has 0 bridgehead atoms. The van der Waals surface area contributed by atoms with Gasteiger partial charge in [0.25, 0.3) is 0 Å². The Morgan fingerprint density at radius 3 is 2.27 bits per heavy atom. The quantitative estimate of drug-likeness (QED) is 0.452. The van der Waals surface area contributed by atoms with E-state index in [1.54, 1.807) is 0 Å². The topological polar surface area (TPSA) is 52.3 Å². The molecule has 0 heterocycles. The Balaban J connectivity index is 0.000001000. The van der Waals surface area contributed by atoms with Crippen molar-refractivity contribution < 1.29 is 9.63 Å². The molecule has 2 N–H and O–H groups in total. The second-order valence-electron chi connectivity index (χ2n) is 2.77. The maximum absolute atomic E-state index is 10.8. The molecule has 0 spiro atoms. The molecule has 1 fully saturated rings. The van der Waals surface area contributed by atoms with Crippen LogP contribution in [0.25, 0.3) is 0 Å². The minimum atomic E-state index is -0.236. The third kappa shape index (κ3) is 3.56. The van der Waals surface area contributed by atoms with Gasteiger partial charge in [0.2, 0.25) is 0 Å². The fourth-order valence-electron chi connectivity index (χ4n) is 1.43. The molecule has 0 saturated heterocycles. The number of hydrogen-bond acceptors (Lipinski definition) is 3. The Morgan fingerprint density at radius 1 is 1.27 bits per heavy atom. The molecule has 1 aliphatic carbocycles. The van der Waals surface area contributed by atoms with E-state index in [1.807, 2.05) is 0 Å². The van der Waals surface area contributed by atoms with Crippen LogP contribution in [0.3, 0.4) is 0 Å².